The lowest BCUT2D eigenvalue weighted by Crippen LogP contribution is -2.39. The SMILES string of the molecule is CCN(CC)c1ccc2c(c1)CCN(C(=O)c1cc3ccc(Cl)cn3n1)C2C. The molecule has 1 atom stereocenters. The van der Waals surface area contributed by atoms with Crippen molar-refractivity contribution in [3.05, 3.63) is 64.4 Å². The largest absolute Gasteiger partial charge is 0.372 e. The highest BCUT2D eigenvalue weighted by Gasteiger charge is 2.30. The van der Waals surface area contributed by atoms with Crippen molar-refractivity contribution in [2.45, 2.75) is 33.2 Å². The van der Waals surface area contributed by atoms with Gasteiger partial charge in [-0.1, -0.05) is 17.7 Å². The van der Waals surface area contributed by atoms with E-state index in [-0.39, 0.29) is 11.9 Å². The molecule has 1 unspecified atom stereocenters. The van der Waals surface area contributed by atoms with E-state index in [1.165, 1.54) is 16.8 Å². The molecule has 1 aliphatic rings. The Balaban J connectivity index is 1.61. The highest BCUT2D eigenvalue weighted by Crippen LogP contribution is 2.33. The highest BCUT2D eigenvalue weighted by atomic mass is 35.5. The van der Waals surface area contributed by atoms with Crippen LogP contribution in [0.3, 0.4) is 0 Å². The predicted molar refractivity (Wildman–Crippen MR) is 113 cm³/mol. The molecule has 146 valence electrons. The molecule has 0 aliphatic carbocycles. The van der Waals surface area contributed by atoms with Crippen LogP contribution in [0.1, 0.15) is 48.4 Å². The quantitative estimate of drug-likeness (QED) is 0.647. The minimum atomic E-state index is -0.0363. The Kier molecular flexibility index (Phi) is 5.02. The van der Waals surface area contributed by atoms with Gasteiger partial charge in [-0.25, -0.2) is 4.52 Å². The molecule has 3 heterocycles. The molecule has 0 N–H and O–H groups in total. The number of hydrogen-bond donors (Lipinski definition) is 0. The Morgan fingerprint density at radius 2 is 2.00 bits per heavy atom. The Morgan fingerprint density at radius 3 is 2.75 bits per heavy atom. The molecular weight excluding hydrogens is 372 g/mol. The number of anilines is 1. The second-order valence-electron chi connectivity index (χ2n) is 7.23. The van der Waals surface area contributed by atoms with Crippen LogP contribution in [0.2, 0.25) is 5.02 Å². The van der Waals surface area contributed by atoms with Gasteiger partial charge in [0.1, 0.15) is 0 Å². The van der Waals surface area contributed by atoms with Crippen molar-refractivity contribution in [2.75, 3.05) is 24.5 Å². The molecule has 2 aromatic heterocycles. The van der Waals surface area contributed by atoms with Crippen LogP contribution < -0.4 is 4.90 Å². The summed E-state index contributed by atoms with van der Waals surface area (Å²) < 4.78 is 1.66. The van der Waals surface area contributed by atoms with E-state index in [2.05, 4.69) is 49.0 Å². The van der Waals surface area contributed by atoms with E-state index in [1.54, 1.807) is 16.8 Å². The average Bonchev–Trinajstić information content (AvgIpc) is 3.12. The van der Waals surface area contributed by atoms with Gasteiger partial charge in [-0.3, -0.25) is 4.79 Å². The second kappa shape index (κ2) is 7.47. The van der Waals surface area contributed by atoms with Gasteiger partial charge in [0.15, 0.2) is 5.69 Å². The second-order valence-corrected chi connectivity index (χ2v) is 7.66. The summed E-state index contributed by atoms with van der Waals surface area (Å²) >= 11 is 6.03. The van der Waals surface area contributed by atoms with E-state index in [9.17, 15) is 4.79 Å². The fourth-order valence-corrected chi connectivity index (χ4v) is 4.25. The molecule has 0 fully saturated rings. The van der Waals surface area contributed by atoms with Crippen LogP contribution in [0, 0.1) is 0 Å². The average molecular weight is 397 g/mol. The molecule has 0 saturated heterocycles. The number of amides is 1. The molecule has 0 saturated carbocycles. The zero-order valence-corrected chi connectivity index (χ0v) is 17.3. The lowest BCUT2D eigenvalue weighted by Gasteiger charge is -2.35. The van der Waals surface area contributed by atoms with E-state index in [0.29, 0.717) is 17.3 Å². The van der Waals surface area contributed by atoms with Crippen LogP contribution in [0.5, 0.6) is 0 Å². The fraction of sp³-hybridized carbons (Fsp3) is 0.364. The zero-order chi connectivity index (χ0) is 19.8. The maximum Gasteiger partial charge on any atom is 0.274 e. The number of nitrogens with zero attached hydrogens (tertiary/aromatic N) is 4. The molecule has 6 heteroatoms. The third kappa shape index (κ3) is 3.24. The third-order valence-corrected chi connectivity index (χ3v) is 5.92. The highest BCUT2D eigenvalue weighted by molar-refractivity contribution is 6.30. The first-order valence-corrected chi connectivity index (χ1v) is 10.2. The minimum Gasteiger partial charge on any atom is -0.372 e. The predicted octanol–water partition coefficient (Wildman–Crippen LogP) is 4.59. The monoisotopic (exact) mass is 396 g/mol. The van der Waals surface area contributed by atoms with Crippen molar-refractivity contribution >= 4 is 28.7 Å². The number of carbonyl (C=O) groups is 1. The maximum atomic E-state index is 13.2. The van der Waals surface area contributed by atoms with Crippen LogP contribution >= 0.6 is 11.6 Å². The van der Waals surface area contributed by atoms with Crippen LogP contribution in [0.4, 0.5) is 5.69 Å². The van der Waals surface area contributed by atoms with E-state index in [4.69, 9.17) is 11.6 Å². The lowest BCUT2D eigenvalue weighted by atomic mass is 9.92. The van der Waals surface area contributed by atoms with Crippen molar-refractivity contribution in [3.63, 3.8) is 0 Å². The van der Waals surface area contributed by atoms with Crippen LogP contribution in [-0.4, -0.2) is 40.1 Å². The summed E-state index contributed by atoms with van der Waals surface area (Å²) in [6, 6.07) is 12.2. The summed E-state index contributed by atoms with van der Waals surface area (Å²) in [5.74, 6) is -0.0363. The van der Waals surface area contributed by atoms with Gasteiger partial charge in [-0.05, 0) is 68.7 Å². The smallest absolute Gasteiger partial charge is 0.274 e. The van der Waals surface area contributed by atoms with Gasteiger partial charge >= 0.3 is 0 Å². The first-order chi connectivity index (χ1) is 13.5. The van der Waals surface area contributed by atoms with Gasteiger partial charge in [0.2, 0.25) is 0 Å². The van der Waals surface area contributed by atoms with Gasteiger partial charge in [-0.15, -0.1) is 0 Å². The summed E-state index contributed by atoms with van der Waals surface area (Å²) in [4.78, 5) is 17.4. The molecule has 1 aromatic carbocycles. The number of aromatic nitrogens is 2. The summed E-state index contributed by atoms with van der Waals surface area (Å²) in [7, 11) is 0. The lowest BCUT2D eigenvalue weighted by molar-refractivity contribution is 0.0671. The summed E-state index contributed by atoms with van der Waals surface area (Å²) in [6.07, 6.45) is 2.58. The molecule has 0 spiro atoms. The number of carbonyl (C=O) groups excluding carboxylic acids is 1. The normalized spacial score (nSPS) is 16.3. The van der Waals surface area contributed by atoms with Crippen LogP contribution in [-0.2, 0) is 6.42 Å². The Bertz CT molecular complexity index is 1020. The standard InChI is InChI=1S/C22H25ClN4O/c1-4-25(5-2)18-8-9-20-15(3)26(11-10-16(20)12-18)22(28)21-13-19-7-6-17(23)14-27(19)24-21/h6-9,12-15H,4-5,10-11H2,1-3H3. The summed E-state index contributed by atoms with van der Waals surface area (Å²) in [6.45, 7) is 9.13. The molecular formula is C22H25ClN4O. The van der Waals surface area contributed by atoms with E-state index in [0.717, 1.165) is 25.0 Å². The zero-order valence-electron chi connectivity index (χ0n) is 16.5. The van der Waals surface area contributed by atoms with Crippen molar-refractivity contribution in [1.82, 2.24) is 14.5 Å². The van der Waals surface area contributed by atoms with Crippen molar-refractivity contribution in [2.24, 2.45) is 0 Å². The molecule has 0 bridgehead atoms. The number of benzene rings is 1. The minimum absolute atomic E-state index is 0.0235. The fourth-order valence-electron chi connectivity index (χ4n) is 4.09. The molecule has 5 nitrogen and oxygen atoms in total. The van der Waals surface area contributed by atoms with Gasteiger partial charge in [0, 0.05) is 31.5 Å². The Morgan fingerprint density at radius 1 is 1.21 bits per heavy atom. The van der Waals surface area contributed by atoms with Crippen LogP contribution in [0.25, 0.3) is 5.52 Å². The summed E-state index contributed by atoms with van der Waals surface area (Å²) in [5, 5.41) is 5.03. The van der Waals surface area contributed by atoms with Crippen LogP contribution in [0.15, 0.2) is 42.6 Å². The molecule has 1 amide bonds. The van der Waals surface area contributed by atoms with E-state index < -0.39 is 0 Å². The number of hydrogen-bond acceptors (Lipinski definition) is 3. The van der Waals surface area contributed by atoms with Gasteiger partial charge in [0.05, 0.1) is 16.6 Å². The number of halogens is 1. The van der Waals surface area contributed by atoms with Crippen molar-refractivity contribution < 1.29 is 4.79 Å². The molecule has 0 radical (unpaired) electrons. The molecule has 28 heavy (non-hydrogen) atoms. The summed E-state index contributed by atoms with van der Waals surface area (Å²) in [5.41, 5.74) is 5.14. The Hall–Kier alpha value is -2.53. The third-order valence-electron chi connectivity index (χ3n) is 5.70. The van der Waals surface area contributed by atoms with E-state index in [1.807, 2.05) is 17.0 Å². The van der Waals surface area contributed by atoms with Gasteiger partial charge < -0.3 is 9.80 Å². The first-order valence-electron chi connectivity index (χ1n) is 9.85. The molecule has 3 aromatic rings. The molecule has 1 aliphatic heterocycles. The maximum absolute atomic E-state index is 13.2. The van der Waals surface area contributed by atoms with Gasteiger partial charge in [-0.2, -0.15) is 5.10 Å². The number of rotatable bonds is 4. The molecule has 4 rings (SSSR count). The Labute approximate surface area is 170 Å². The number of pyridine rings is 1. The van der Waals surface area contributed by atoms with Gasteiger partial charge in [0.25, 0.3) is 5.91 Å². The van der Waals surface area contributed by atoms with Crippen molar-refractivity contribution in [1.29, 1.82) is 0 Å². The van der Waals surface area contributed by atoms with Crippen molar-refractivity contribution in [3.8, 4) is 0 Å². The van der Waals surface area contributed by atoms with E-state index >= 15 is 0 Å². The number of fused-ring (bicyclic) bond motifs is 2. The first kappa shape index (κ1) is 18.8. The topological polar surface area (TPSA) is 40.9 Å².